The highest BCUT2D eigenvalue weighted by molar-refractivity contribution is 9.10. The highest BCUT2D eigenvalue weighted by Gasteiger charge is 2.26. The first-order chi connectivity index (χ1) is 6.22. The maximum absolute atomic E-state index is 11.3. The lowest BCUT2D eigenvalue weighted by atomic mass is 10.1. The maximum Gasteiger partial charge on any atom is 0.189 e. The van der Waals surface area contributed by atoms with Gasteiger partial charge in [-0.3, -0.25) is 4.79 Å². The minimum Gasteiger partial charge on any atom is -0.410 e. The zero-order valence-corrected chi connectivity index (χ0v) is 8.21. The summed E-state index contributed by atoms with van der Waals surface area (Å²) < 4.78 is 0.877. The summed E-state index contributed by atoms with van der Waals surface area (Å²) in [6.45, 7) is 0. The first-order valence-electron chi connectivity index (χ1n) is 3.76. The van der Waals surface area contributed by atoms with Gasteiger partial charge in [-0.25, -0.2) is 0 Å². The molecule has 0 saturated carbocycles. The number of rotatable bonds is 0. The lowest BCUT2D eigenvalue weighted by Gasteiger charge is -1.97. The third kappa shape index (κ3) is 1.27. The molecule has 2 rings (SSSR count). The van der Waals surface area contributed by atoms with Gasteiger partial charge in [0.2, 0.25) is 0 Å². The zero-order valence-electron chi connectivity index (χ0n) is 6.62. The molecule has 0 heterocycles. The number of halogens is 1. The topological polar surface area (TPSA) is 49.7 Å². The number of carbonyl (C=O) groups excluding carboxylic acids is 1. The summed E-state index contributed by atoms with van der Waals surface area (Å²) in [5.41, 5.74) is 1.80. The Hall–Kier alpha value is -1.16. The predicted octanol–water partition coefficient (Wildman–Crippen LogP) is 1.75. The van der Waals surface area contributed by atoms with E-state index < -0.39 is 0 Å². The summed E-state index contributed by atoms with van der Waals surface area (Å²) in [5, 5.41) is 11.6. The van der Waals surface area contributed by atoms with Crippen LogP contribution < -0.4 is 0 Å². The number of carbonyl (C=O) groups is 1. The predicted molar refractivity (Wildman–Crippen MR) is 51.2 cm³/mol. The quantitative estimate of drug-likeness (QED) is 0.554. The van der Waals surface area contributed by atoms with Crippen LogP contribution >= 0.6 is 15.9 Å². The molecule has 0 radical (unpaired) electrons. The Morgan fingerprint density at radius 1 is 1.46 bits per heavy atom. The van der Waals surface area contributed by atoms with Crippen LogP contribution in [0.3, 0.4) is 0 Å². The monoisotopic (exact) mass is 239 g/mol. The van der Waals surface area contributed by atoms with Gasteiger partial charge < -0.3 is 5.21 Å². The highest BCUT2D eigenvalue weighted by atomic mass is 79.9. The molecule has 1 aliphatic carbocycles. The van der Waals surface area contributed by atoms with Crippen molar-refractivity contribution in [3.63, 3.8) is 0 Å². The van der Waals surface area contributed by atoms with Crippen molar-refractivity contribution in [1.29, 1.82) is 0 Å². The number of oxime groups is 1. The molecule has 1 aromatic carbocycles. The standard InChI is InChI=1S/C9H6BrNO2/c10-6-2-1-5-3-8(12)9(11-13)7(5)4-6/h1-2,4,13H,3H2/b11-9-. The molecule has 0 aromatic heterocycles. The summed E-state index contributed by atoms with van der Waals surface area (Å²) in [5.74, 6) is -0.129. The van der Waals surface area contributed by atoms with Crippen LogP contribution in [0.15, 0.2) is 27.8 Å². The average Bonchev–Trinajstić information content (AvgIpc) is 2.40. The highest BCUT2D eigenvalue weighted by Crippen LogP contribution is 2.23. The number of nitrogens with zero attached hydrogens (tertiary/aromatic N) is 1. The maximum atomic E-state index is 11.3. The van der Waals surface area contributed by atoms with Crippen molar-refractivity contribution in [3.05, 3.63) is 33.8 Å². The Bertz CT molecular complexity index is 412. The molecule has 0 amide bonds. The van der Waals surface area contributed by atoms with Gasteiger partial charge in [0, 0.05) is 16.5 Å². The van der Waals surface area contributed by atoms with E-state index in [9.17, 15) is 4.79 Å². The van der Waals surface area contributed by atoms with E-state index in [-0.39, 0.29) is 11.5 Å². The fourth-order valence-corrected chi connectivity index (χ4v) is 1.80. The molecule has 0 aliphatic heterocycles. The van der Waals surface area contributed by atoms with Crippen LogP contribution in [0.25, 0.3) is 0 Å². The van der Waals surface area contributed by atoms with Crippen molar-refractivity contribution in [1.82, 2.24) is 0 Å². The molecular weight excluding hydrogens is 234 g/mol. The average molecular weight is 240 g/mol. The third-order valence-electron chi connectivity index (χ3n) is 2.04. The van der Waals surface area contributed by atoms with E-state index in [4.69, 9.17) is 5.21 Å². The second-order valence-corrected chi connectivity index (χ2v) is 3.77. The Balaban J connectivity index is 2.63. The van der Waals surface area contributed by atoms with E-state index in [0.29, 0.717) is 6.42 Å². The molecule has 1 aromatic rings. The molecule has 1 aliphatic rings. The Labute approximate surface area is 83.2 Å². The van der Waals surface area contributed by atoms with Crippen LogP contribution in [-0.4, -0.2) is 16.7 Å². The van der Waals surface area contributed by atoms with Crippen LogP contribution in [-0.2, 0) is 11.2 Å². The van der Waals surface area contributed by atoms with Gasteiger partial charge in [0.1, 0.15) is 0 Å². The summed E-state index contributed by atoms with van der Waals surface area (Å²) in [4.78, 5) is 11.3. The Morgan fingerprint density at radius 3 is 2.92 bits per heavy atom. The van der Waals surface area contributed by atoms with Gasteiger partial charge in [-0.2, -0.15) is 0 Å². The van der Waals surface area contributed by atoms with Crippen LogP contribution in [0.2, 0.25) is 0 Å². The van der Waals surface area contributed by atoms with E-state index in [1.54, 1.807) is 6.07 Å². The molecule has 66 valence electrons. The molecule has 0 saturated heterocycles. The second-order valence-electron chi connectivity index (χ2n) is 2.85. The summed E-state index contributed by atoms with van der Waals surface area (Å²) in [6, 6.07) is 5.51. The van der Waals surface area contributed by atoms with Crippen LogP contribution in [0, 0.1) is 0 Å². The van der Waals surface area contributed by atoms with E-state index in [0.717, 1.165) is 15.6 Å². The number of Topliss-reactive ketones (excluding diaryl/α,β-unsaturated/α-hetero) is 1. The fraction of sp³-hybridized carbons (Fsp3) is 0.111. The lowest BCUT2D eigenvalue weighted by Crippen LogP contribution is -2.07. The van der Waals surface area contributed by atoms with Gasteiger partial charge in [-0.1, -0.05) is 27.2 Å². The van der Waals surface area contributed by atoms with Gasteiger partial charge in [-0.05, 0) is 17.7 Å². The van der Waals surface area contributed by atoms with E-state index >= 15 is 0 Å². The van der Waals surface area contributed by atoms with Crippen molar-refractivity contribution in [2.45, 2.75) is 6.42 Å². The number of fused-ring (bicyclic) bond motifs is 1. The number of hydrogen-bond donors (Lipinski definition) is 1. The van der Waals surface area contributed by atoms with E-state index in [1.165, 1.54) is 0 Å². The van der Waals surface area contributed by atoms with Gasteiger partial charge in [-0.15, -0.1) is 0 Å². The van der Waals surface area contributed by atoms with Crippen molar-refractivity contribution in [2.24, 2.45) is 5.16 Å². The van der Waals surface area contributed by atoms with Gasteiger partial charge in [0.25, 0.3) is 0 Å². The molecule has 0 fully saturated rings. The van der Waals surface area contributed by atoms with Crippen molar-refractivity contribution in [2.75, 3.05) is 0 Å². The molecule has 4 heteroatoms. The van der Waals surface area contributed by atoms with Crippen LogP contribution in [0.4, 0.5) is 0 Å². The molecule has 3 nitrogen and oxygen atoms in total. The summed E-state index contributed by atoms with van der Waals surface area (Å²) in [6.07, 6.45) is 0.335. The molecular formula is C9H6BrNO2. The molecule has 0 bridgehead atoms. The molecule has 1 N–H and O–H groups in total. The van der Waals surface area contributed by atoms with E-state index in [1.807, 2.05) is 12.1 Å². The molecule has 0 atom stereocenters. The molecule has 0 unspecified atom stereocenters. The number of hydrogen-bond acceptors (Lipinski definition) is 3. The SMILES string of the molecule is O=C1Cc2ccc(Br)cc2/C1=N/O. The number of ketones is 1. The van der Waals surface area contributed by atoms with Gasteiger partial charge in [0.15, 0.2) is 11.5 Å². The van der Waals surface area contributed by atoms with Crippen LogP contribution in [0.1, 0.15) is 11.1 Å². The minimum absolute atomic E-state index is 0.129. The Kier molecular flexibility index (Phi) is 1.92. The zero-order chi connectivity index (χ0) is 9.42. The number of benzene rings is 1. The summed E-state index contributed by atoms with van der Waals surface area (Å²) >= 11 is 3.29. The lowest BCUT2D eigenvalue weighted by molar-refractivity contribution is -0.112. The molecule has 0 spiro atoms. The largest absolute Gasteiger partial charge is 0.410 e. The van der Waals surface area contributed by atoms with E-state index in [2.05, 4.69) is 21.1 Å². The van der Waals surface area contributed by atoms with Crippen molar-refractivity contribution >= 4 is 27.4 Å². The van der Waals surface area contributed by atoms with Crippen molar-refractivity contribution in [3.8, 4) is 0 Å². The molecule has 13 heavy (non-hydrogen) atoms. The smallest absolute Gasteiger partial charge is 0.189 e. The fourth-order valence-electron chi connectivity index (χ4n) is 1.44. The second kappa shape index (κ2) is 2.96. The minimum atomic E-state index is -0.129. The first-order valence-corrected chi connectivity index (χ1v) is 4.55. The normalized spacial score (nSPS) is 17.9. The summed E-state index contributed by atoms with van der Waals surface area (Å²) in [7, 11) is 0. The van der Waals surface area contributed by atoms with Crippen LogP contribution in [0.5, 0.6) is 0 Å². The van der Waals surface area contributed by atoms with Gasteiger partial charge in [0.05, 0.1) is 0 Å². The van der Waals surface area contributed by atoms with Crippen molar-refractivity contribution < 1.29 is 10.0 Å². The van der Waals surface area contributed by atoms with Gasteiger partial charge >= 0.3 is 0 Å². The Morgan fingerprint density at radius 2 is 2.23 bits per heavy atom. The third-order valence-corrected chi connectivity index (χ3v) is 2.54. The first kappa shape index (κ1) is 8.44.